The maximum Gasteiger partial charge on any atom is 0.266 e. The van der Waals surface area contributed by atoms with Gasteiger partial charge in [0.05, 0.1) is 17.3 Å². The summed E-state index contributed by atoms with van der Waals surface area (Å²) in [7, 11) is 1.91. The van der Waals surface area contributed by atoms with Gasteiger partial charge in [-0.05, 0) is 32.8 Å². The molecule has 1 aliphatic rings. The minimum atomic E-state index is -0.389. The average Bonchev–Trinajstić information content (AvgIpc) is 3.06. The molecule has 1 fully saturated rings. The van der Waals surface area contributed by atoms with E-state index >= 15 is 0 Å². The van der Waals surface area contributed by atoms with Crippen LogP contribution in [0.5, 0.6) is 0 Å². The van der Waals surface area contributed by atoms with Gasteiger partial charge < -0.3 is 9.88 Å². The van der Waals surface area contributed by atoms with Crippen LogP contribution in [-0.2, 0) is 7.05 Å². The van der Waals surface area contributed by atoms with E-state index in [9.17, 15) is 9.59 Å². The molecule has 1 amide bonds. The third-order valence-electron chi connectivity index (χ3n) is 4.52. The zero-order valence-corrected chi connectivity index (χ0v) is 14.1. The van der Waals surface area contributed by atoms with Crippen LogP contribution in [0.4, 0.5) is 0 Å². The first-order valence-corrected chi connectivity index (χ1v) is 7.97. The summed E-state index contributed by atoms with van der Waals surface area (Å²) in [5.41, 5.74) is 3.16. The predicted octanol–water partition coefficient (Wildman–Crippen LogP) is 2.36. The molecule has 6 nitrogen and oxygen atoms in total. The molecular formula is C16H19ClN4O2. The van der Waals surface area contributed by atoms with Gasteiger partial charge in [0.2, 0.25) is 0 Å². The number of amides is 1. The van der Waals surface area contributed by atoms with E-state index in [-0.39, 0.29) is 22.5 Å². The summed E-state index contributed by atoms with van der Waals surface area (Å²) in [5.74, 6) is -0.117. The van der Waals surface area contributed by atoms with Gasteiger partial charge in [0.25, 0.3) is 11.5 Å². The highest BCUT2D eigenvalue weighted by molar-refractivity contribution is 6.30. The van der Waals surface area contributed by atoms with Crippen LogP contribution < -0.4 is 5.56 Å². The minimum Gasteiger partial charge on any atom is -0.331 e. The van der Waals surface area contributed by atoms with Crippen molar-refractivity contribution >= 4 is 17.5 Å². The summed E-state index contributed by atoms with van der Waals surface area (Å²) in [5, 5.41) is 4.49. The lowest BCUT2D eigenvalue weighted by Gasteiger charge is -2.25. The Morgan fingerprint density at radius 3 is 2.78 bits per heavy atom. The van der Waals surface area contributed by atoms with Gasteiger partial charge >= 0.3 is 0 Å². The lowest BCUT2D eigenvalue weighted by molar-refractivity contribution is 0.0734. The molecule has 3 rings (SSSR count). The number of aromatic amines is 1. The van der Waals surface area contributed by atoms with Crippen LogP contribution in [0.25, 0.3) is 0 Å². The molecule has 1 atom stereocenters. The van der Waals surface area contributed by atoms with E-state index in [4.69, 9.17) is 11.6 Å². The molecule has 23 heavy (non-hydrogen) atoms. The number of nitrogens with one attached hydrogen (secondary N) is 1. The Morgan fingerprint density at radius 1 is 1.43 bits per heavy atom. The maximum absolute atomic E-state index is 12.8. The fourth-order valence-corrected chi connectivity index (χ4v) is 3.50. The Labute approximate surface area is 139 Å². The van der Waals surface area contributed by atoms with Crippen LogP contribution >= 0.6 is 11.6 Å². The highest BCUT2D eigenvalue weighted by Gasteiger charge is 2.34. The summed E-state index contributed by atoms with van der Waals surface area (Å²) in [6, 6.07) is 1.45. The number of hydrogen-bond donors (Lipinski definition) is 1. The molecule has 0 saturated carbocycles. The third kappa shape index (κ3) is 2.67. The van der Waals surface area contributed by atoms with Crippen molar-refractivity contribution in [2.24, 2.45) is 7.05 Å². The molecule has 0 spiro atoms. The smallest absolute Gasteiger partial charge is 0.266 e. The molecule has 7 heteroatoms. The molecule has 122 valence electrons. The Hall–Kier alpha value is -2.08. The van der Waals surface area contributed by atoms with E-state index in [1.54, 1.807) is 0 Å². The van der Waals surface area contributed by atoms with Crippen LogP contribution in [0.3, 0.4) is 0 Å². The first-order chi connectivity index (χ1) is 10.9. The molecule has 0 aromatic carbocycles. The summed E-state index contributed by atoms with van der Waals surface area (Å²) in [4.78, 5) is 28.6. The number of aromatic nitrogens is 3. The standard InChI is InChI=1S/C16H19ClN4O2/c1-9-14(10(2)20(3)19-9)13-5-4-6-21(13)16(23)11-7-12(17)15(22)18-8-11/h7-8,13H,4-6H2,1-3H3,(H,18,22). The zero-order chi connectivity index (χ0) is 16.7. The molecule has 2 aromatic heterocycles. The second-order valence-corrected chi connectivity index (χ2v) is 6.34. The fraction of sp³-hybridized carbons (Fsp3) is 0.438. The zero-order valence-electron chi connectivity index (χ0n) is 13.4. The second-order valence-electron chi connectivity index (χ2n) is 5.93. The SMILES string of the molecule is Cc1nn(C)c(C)c1C1CCCN1C(=O)c1c[nH]c(=O)c(Cl)c1. The lowest BCUT2D eigenvalue weighted by Crippen LogP contribution is -2.31. The van der Waals surface area contributed by atoms with E-state index in [2.05, 4.69) is 10.1 Å². The van der Waals surface area contributed by atoms with Crippen molar-refractivity contribution in [1.29, 1.82) is 0 Å². The highest BCUT2D eigenvalue weighted by Crippen LogP contribution is 2.36. The summed E-state index contributed by atoms with van der Waals surface area (Å²) in [6.45, 7) is 4.68. The predicted molar refractivity (Wildman–Crippen MR) is 87.8 cm³/mol. The van der Waals surface area contributed by atoms with Crippen molar-refractivity contribution in [3.63, 3.8) is 0 Å². The summed E-state index contributed by atoms with van der Waals surface area (Å²) >= 11 is 5.84. The Bertz CT molecular complexity index is 824. The van der Waals surface area contributed by atoms with Crippen molar-refractivity contribution in [3.05, 3.63) is 50.2 Å². The van der Waals surface area contributed by atoms with Crippen molar-refractivity contribution < 1.29 is 4.79 Å². The van der Waals surface area contributed by atoms with Crippen molar-refractivity contribution in [1.82, 2.24) is 19.7 Å². The molecule has 0 aliphatic carbocycles. The van der Waals surface area contributed by atoms with Gasteiger partial charge in [-0.3, -0.25) is 14.3 Å². The van der Waals surface area contributed by atoms with E-state index < -0.39 is 0 Å². The summed E-state index contributed by atoms with van der Waals surface area (Å²) < 4.78 is 1.85. The number of pyridine rings is 1. The Balaban J connectivity index is 1.96. The normalized spacial score (nSPS) is 17.7. The van der Waals surface area contributed by atoms with Crippen molar-refractivity contribution in [3.8, 4) is 0 Å². The highest BCUT2D eigenvalue weighted by atomic mass is 35.5. The first-order valence-electron chi connectivity index (χ1n) is 7.59. The van der Waals surface area contributed by atoms with Gasteiger partial charge in [-0.25, -0.2) is 0 Å². The van der Waals surface area contributed by atoms with Crippen LogP contribution in [0, 0.1) is 13.8 Å². The van der Waals surface area contributed by atoms with E-state index in [1.165, 1.54) is 12.3 Å². The molecule has 0 bridgehead atoms. The first kappa shape index (κ1) is 15.8. The van der Waals surface area contributed by atoms with E-state index in [0.717, 1.165) is 29.8 Å². The third-order valence-corrected chi connectivity index (χ3v) is 4.80. The van der Waals surface area contributed by atoms with Gasteiger partial charge in [0, 0.05) is 31.0 Å². The monoisotopic (exact) mass is 334 g/mol. The fourth-order valence-electron chi connectivity index (χ4n) is 3.33. The van der Waals surface area contributed by atoms with Crippen LogP contribution in [0.15, 0.2) is 17.1 Å². The molecule has 1 saturated heterocycles. The number of halogens is 1. The number of aryl methyl sites for hydroxylation is 2. The summed E-state index contributed by atoms with van der Waals surface area (Å²) in [6.07, 6.45) is 3.28. The van der Waals surface area contributed by atoms with Gasteiger partial charge in [0.15, 0.2) is 0 Å². The number of hydrogen-bond acceptors (Lipinski definition) is 3. The van der Waals surface area contributed by atoms with Gasteiger partial charge in [-0.1, -0.05) is 11.6 Å². The molecule has 1 unspecified atom stereocenters. The number of H-pyrrole nitrogens is 1. The number of rotatable bonds is 2. The molecular weight excluding hydrogens is 316 g/mol. The lowest BCUT2D eigenvalue weighted by atomic mass is 10.0. The number of carbonyl (C=O) groups is 1. The molecule has 1 aliphatic heterocycles. The minimum absolute atomic E-state index is 0.0157. The number of likely N-dealkylation sites (tertiary alicyclic amines) is 1. The van der Waals surface area contributed by atoms with Gasteiger partial charge in [-0.2, -0.15) is 5.10 Å². The maximum atomic E-state index is 12.8. The quantitative estimate of drug-likeness (QED) is 0.916. The van der Waals surface area contributed by atoms with Gasteiger partial charge in [0.1, 0.15) is 5.02 Å². The van der Waals surface area contributed by atoms with Crippen LogP contribution in [0.2, 0.25) is 5.02 Å². The van der Waals surface area contributed by atoms with Crippen molar-refractivity contribution in [2.45, 2.75) is 32.7 Å². The largest absolute Gasteiger partial charge is 0.331 e. The van der Waals surface area contributed by atoms with Gasteiger partial charge in [-0.15, -0.1) is 0 Å². The van der Waals surface area contributed by atoms with Crippen LogP contribution in [0.1, 0.15) is 46.2 Å². The van der Waals surface area contributed by atoms with E-state index in [0.29, 0.717) is 12.1 Å². The Morgan fingerprint density at radius 2 is 2.17 bits per heavy atom. The van der Waals surface area contributed by atoms with Crippen molar-refractivity contribution in [2.75, 3.05) is 6.54 Å². The van der Waals surface area contributed by atoms with Crippen LogP contribution in [-0.4, -0.2) is 32.1 Å². The Kier molecular flexibility index (Phi) is 4.02. The average molecular weight is 335 g/mol. The molecule has 1 N–H and O–H groups in total. The molecule has 2 aromatic rings. The molecule has 3 heterocycles. The number of nitrogens with zero attached hydrogens (tertiary/aromatic N) is 3. The second kappa shape index (κ2) is 5.85. The topological polar surface area (TPSA) is 71.0 Å². The molecule has 0 radical (unpaired) electrons. The van der Waals surface area contributed by atoms with E-state index in [1.807, 2.05) is 30.5 Å². The number of carbonyl (C=O) groups excluding carboxylic acids is 1.